The summed E-state index contributed by atoms with van der Waals surface area (Å²) in [6.45, 7) is 6.27. The quantitative estimate of drug-likeness (QED) is 0.753. The van der Waals surface area contributed by atoms with E-state index in [1.54, 1.807) is 12.5 Å². The van der Waals surface area contributed by atoms with Gasteiger partial charge in [-0.15, -0.1) is 0 Å². The number of piperidine rings is 1. The van der Waals surface area contributed by atoms with Crippen LogP contribution in [-0.2, 0) is 16.1 Å². The summed E-state index contributed by atoms with van der Waals surface area (Å²) in [4.78, 5) is 19.9. The molecule has 0 saturated carbocycles. The number of aliphatic carboxylic acids is 1. The number of alkyl halides is 3. The maximum Gasteiger partial charge on any atom is 0.490 e. The number of furan rings is 1. The van der Waals surface area contributed by atoms with Crippen molar-refractivity contribution < 1.29 is 37.0 Å². The van der Waals surface area contributed by atoms with Crippen LogP contribution in [0.15, 0.2) is 35.3 Å². The molecule has 8 nitrogen and oxygen atoms in total. The molecular weight excluding hydrogens is 419 g/mol. The SMILES string of the molecule is Cc1ccnc(OC[C@@]23CCO[C@@H]2CCN(Cc2ccoc2)C3)n1.O=C(O)C(F)(F)F. The van der Waals surface area contributed by atoms with Crippen molar-refractivity contribution in [1.82, 2.24) is 14.9 Å². The smallest absolute Gasteiger partial charge is 0.475 e. The van der Waals surface area contributed by atoms with Gasteiger partial charge in [-0.1, -0.05) is 0 Å². The number of hydrogen-bond acceptors (Lipinski definition) is 7. The fraction of sp³-hybridized carbons (Fsp3) is 0.550. The highest BCUT2D eigenvalue weighted by atomic mass is 19.4. The van der Waals surface area contributed by atoms with Gasteiger partial charge in [-0.25, -0.2) is 14.8 Å². The van der Waals surface area contributed by atoms with Crippen LogP contribution in [0.25, 0.3) is 0 Å². The van der Waals surface area contributed by atoms with E-state index in [0.717, 1.165) is 44.8 Å². The highest BCUT2D eigenvalue weighted by molar-refractivity contribution is 5.73. The van der Waals surface area contributed by atoms with Crippen molar-refractivity contribution in [2.45, 2.75) is 38.6 Å². The molecule has 2 aliphatic rings. The lowest BCUT2D eigenvalue weighted by molar-refractivity contribution is -0.192. The van der Waals surface area contributed by atoms with Crippen LogP contribution in [0.2, 0.25) is 0 Å². The second-order valence-electron chi connectivity index (χ2n) is 7.67. The molecule has 31 heavy (non-hydrogen) atoms. The van der Waals surface area contributed by atoms with Gasteiger partial charge in [-0.05, 0) is 31.9 Å². The maximum atomic E-state index is 10.6. The van der Waals surface area contributed by atoms with Crippen LogP contribution in [-0.4, -0.2) is 64.5 Å². The second-order valence-corrected chi connectivity index (χ2v) is 7.67. The van der Waals surface area contributed by atoms with Crippen molar-refractivity contribution in [1.29, 1.82) is 0 Å². The van der Waals surface area contributed by atoms with E-state index in [1.807, 2.05) is 25.3 Å². The first-order chi connectivity index (χ1) is 14.7. The predicted molar refractivity (Wildman–Crippen MR) is 101 cm³/mol. The number of carbonyl (C=O) groups is 1. The van der Waals surface area contributed by atoms with Crippen LogP contribution >= 0.6 is 0 Å². The highest BCUT2D eigenvalue weighted by Crippen LogP contribution is 2.41. The Morgan fingerprint density at radius 3 is 2.84 bits per heavy atom. The lowest BCUT2D eigenvalue weighted by Crippen LogP contribution is -2.52. The molecule has 0 spiro atoms. The van der Waals surface area contributed by atoms with E-state index in [1.165, 1.54) is 5.56 Å². The highest BCUT2D eigenvalue weighted by Gasteiger charge is 2.48. The van der Waals surface area contributed by atoms with E-state index in [4.69, 9.17) is 23.8 Å². The van der Waals surface area contributed by atoms with E-state index in [-0.39, 0.29) is 11.5 Å². The Morgan fingerprint density at radius 1 is 1.42 bits per heavy atom. The summed E-state index contributed by atoms with van der Waals surface area (Å²) < 4.78 is 48.9. The summed E-state index contributed by atoms with van der Waals surface area (Å²) in [6, 6.07) is 4.36. The first-order valence-electron chi connectivity index (χ1n) is 9.75. The van der Waals surface area contributed by atoms with Crippen LogP contribution in [0.1, 0.15) is 24.1 Å². The Balaban J connectivity index is 0.000000339. The fourth-order valence-corrected chi connectivity index (χ4v) is 3.83. The fourth-order valence-electron chi connectivity index (χ4n) is 3.83. The van der Waals surface area contributed by atoms with E-state index >= 15 is 0 Å². The van der Waals surface area contributed by atoms with Crippen molar-refractivity contribution in [3.63, 3.8) is 0 Å². The molecule has 0 bridgehead atoms. The topological polar surface area (TPSA) is 97.9 Å². The first kappa shape index (κ1) is 23.0. The minimum atomic E-state index is -5.08. The molecular formula is C20H24F3N3O5. The number of aryl methyl sites for hydroxylation is 1. The molecule has 2 saturated heterocycles. The third kappa shape index (κ3) is 6.17. The van der Waals surface area contributed by atoms with Crippen molar-refractivity contribution in [3.05, 3.63) is 42.1 Å². The molecule has 2 atom stereocenters. The van der Waals surface area contributed by atoms with Gasteiger partial charge in [0.25, 0.3) is 0 Å². The van der Waals surface area contributed by atoms with Gasteiger partial charge in [0.05, 0.1) is 18.6 Å². The maximum absolute atomic E-state index is 10.6. The lowest BCUT2D eigenvalue weighted by Gasteiger charge is -2.43. The number of halogens is 3. The van der Waals surface area contributed by atoms with Gasteiger partial charge in [0.2, 0.25) is 0 Å². The number of carboxylic acid groups (broad SMARTS) is 1. The molecule has 0 amide bonds. The molecule has 11 heteroatoms. The molecule has 0 aliphatic carbocycles. The summed E-state index contributed by atoms with van der Waals surface area (Å²) in [5.41, 5.74) is 2.15. The zero-order chi connectivity index (χ0) is 22.5. The third-order valence-electron chi connectivity index (χ3n) is 5.34. The zero-order valence-corrected chi connectivity index (χ0v) is 17.0. The number of nitrogens with zero attached hydrogens (tertiary/aromatic N) is 3. The molecule has 2 aromatic heterocycles. The zero-order valence-electron chi connectivity index (χ0n) is 17.0. The summed E-state index contributed by atoms with van der Waals surface area (Å²) in [7, 11) is 0. The third-order valence-corrected chi connectivity index (χ3v) is 5.34. The van der Waals surface area contributed by atoms with Crippen molar-refractivity contribution >= 4 is 5.97 Å². The molecule has 0 radical (unpaired) electrons. The van der Waals surface area contributed by atoms with Crippen molar-refractivity contribution in [2.75, 3.05) is 26.3 Å². The Hall–Kier alpha value is -2.66. The Morgan fingerprint density at radius 2 is 2.19 bits per heavy atom. The molecule has 1 N–H and O–H groups in total. The lowest BCUT2D eigenvalue weighted by atomic mass is 9.77. The molecule has 2 aromatic rings. The summed E-state index contributed by atoms with van der Waals surface area (Å²) in [6.07, 6.45) is 2.53. The van der Waals surface area contributed by atoms with Crippen LogP contribution < -0.4 is 4.74 Å². The van der Waals surface area contributed by atoms with Gasteiger partial charge < -0.3 is 19.0 Å². The number of likely N-dealkylation sites (tertiary alicyclic amines) is 1. The average molecular weight is 443 g/mol. The van der Waals surface area contributed by atoms with Crippen molar-refractivity contribution in [2.24, 2.45) is 5.41 Å². The Kier molecular flexibility index (Phi) is 7.16. The molecule has 0 aromatic carbocycles. The van der Waals surface area contributed by atoms with E-state index in [0.29, 0.717) is 12.6 Å². The van der Waals surface area contributed by atoms with Crippen molar-refractivity contribution in [3.8, 4) is 6.01 Å². The Bertz CT molecular complexity index is 862. The van der Waals surface area contributed by atoms with Gasteiger partial charge in [0, 0.05) is 49.1 Å². The average Bonchev–Trinajstić information content (AvgIpc) is 3.36. The number of carboxylic acids is 1. The van der Waals surface area contributed by atoms with Crippen LogP contribution in [0.4, 0.5) is 13.2 Å². The Labute approximate surface area is 177 Å². The second kappa shape index (κ2) is 9.65. The van der Waals surface area contributed by atoms with Crippen LogP contribution in [0.3, 0.4) is 0 Å². The molecule has 170 valence electrons. The van der Waals surface area contributed by atoms with Gasteiger partial charge in [-0.3, -0.25) is 4.90 Å². The largest absolute Gasteiger partial charge is 0.490 e. The molecule has 4 heterocycles. The monoisotopic (exact) mass is 443 g/mol. The van der Waals surface area contributed by atoms with Crippen LogP contribution in [0.5, 0.6) is 6.01 Å². The predicted octanol–water partition coefficient (Wildman–Crippen LogP) is 3.07. The number of fused-ring (bicyclic) bond motifs is 1. The van der Waals surface area contributed by atoms with Gasteiger partial charge >= 0.3 is 18.2 Å². The van der Waals surface area contributed by atoms with E-state index in [2.05, 4.69) is 14.9 Å². The normalized spacial score (nSPS) is 23.5. The van der Waals surface area contributed by atoms with Gasteiger partial charge in [-0.2, -0.15) is 13.2 Å². The van der Waals surface area contributed by atoms with Crippen LogP contribution in [0, 0.1) is 12.3 Å². The molecule has 0 unspecified atom stereocenters. The summed E-state index contributed by atoms with van der Waals surface area (Å²) in [5.74, 6) is -2.76. The van der Waals surface area contributed by atoms with E-state index in [9.17, 15) is 13.2 Å². The van der Waals surface area contributed by atoms with Gasteiger partial charge in [0.15, 0.2) is 0 Å². The number of aromatic nitrogens is 2. The molecule has 2 aliphatic heterocycles. The molecule has 2 fully saturated rings. The summed E-state index contributed by atoms with van der Waals surface area (Å²) >= 11 is 0. The van der Waals surface area contributed by atoms with Gasteiger partial charge in [0.1, 0.15) is 6.61 Å². The number of hydrogen-bond donors (Lipinski definition) is 1. The minimum Gasteiger partial charge on any atom is -0.475 e. The number of ether oxygens (including phenoxy) is 2. The molecule has 4 rings (SSSR count). The van der Waals surface area contributed by atoms with E-state index < -0.39 is 12.1 Å². The summed E-state index contributed by atoms with van der Waals surface area (Å²) in [5, 5.41) is 7.12. The first-order valence-corrected chi connectivity index (χ1v) is 9.75. The number of rotatable bonds is 5. The minimum absolute atomic E-state index is 0.0229. The standard InChI is InChI=1S/C18H23N3O3.C2HF3O2/c1-14-2-6-19-17(20-14)24-13-18-5-9-23-16(18)3-7-21(12-18)10-15-4-8-22-11-15;3-2(4,5)1(6)7/h2,4,6,8,11,16H,3,5,7,9-10,12-13H2,1H3;(H,6,7)/t16-,18+;/m1./s1.